The molecule has 28 heavy (non-hydrogen) atoms. The van der Waals surface area contributed by atoms with E-state index in [2.05, 4.69) is 79.3 Å². The first-order chi connectivity index (χ1) is 12.3. The van der Waals surface area contributed by atoms with Gasteiger partial charge in [0.2, 0.25) is 8.32 Å². The van der Waals surface area contributed by atoms with Gasteiger partial charge in [-0.05, 0) is 71.9 Å². The van der Waals surface area contributed by atoms with Crippen LogP contribution in [-0.2, 0) is 21.9 Å². The highest BCUT2D eigenvalue weighted by Gasteiger charge is 2.47. The van der Waals surface area contributed by atoms with Gasteiger partial charge in [0.15, 0.2) is 25.0 Å². The highest BCUT2D eigenvalue weighted by atomic mass is 28.5. The van der Waals surface area contributed by atoms with Crippen molar-refractivity contribution in [1.82, 2.24) is 0 Å². The molecule has 0 rings (SSSR count). The van der Waals surface area contributed by atoms with E-state index in [0.29, 0.717) is 11.8 Å². The molecule has 0 heterocycles. The SMILES string of the molecule is C=C(C)C(=O)OC[Si](C)(C)O[Si](C)(C)C(C)[Si](O[Si](C)(C)C)O[Si](C)(C)CC. The molecular weight excluding hydrogens is 437 g/mol. The Balaban J connectivity index is 5.38. The minimum absolute atomic E-state index is 0.270. The van der Waals surface area contributed by atoms with E-state index in [9.17, 15) is 4.79 Å². The molecule has 0 amide bonds. The topological polar surface area (TPSA) is 54.0 Å². The summed E-state index contributed by atoms with van der Waals surface area (Å²) in [5.41, 5.74) is 0.420. The summed E-state index contributed by atoms with van der Waals surface area (Å²) >= 11 is 0. The van der Waals surface area contributed by atoms with Crippen LogP contribution in [-0.4, -0.2) is 54.8 Å². The third-order valence-corrected chi connectivity index (χ3v) is 23.2. The summed E-state index contributed by atoms with van der Waals surface area (Å²) in [6.45, 7) is 29.7. The molecule has 1 unspecified atom stereocenters. The van der Waals surface area contributed by atoms with Crippen LogP contribution in [0.4, 0.5) is 0 Å². The number of hydrogen-bond donors (Lipinski definition) is 0. The van der Waals surface area contributed by atoms with Gasteiger partial charge in [-0.25, -0.2) is 4.79 Å². The highest BCUT2D eigenvalue weighted by Crippen LogP contribution is 2.32. The van der Waals surface area contributed by atoms with Crippen molar-refractivity contribution in [3.63, 3.8) is 0 Å². The molecule has 1 radical (unpaired) electrons. The molecule has 0 saturated carbocycles. The van der Waals surface area contributed by atoms with E-state index in [1.165, 1.54) is 0 Å². The zero-order chi connectivity index (χ0) is 22.6. The van der Waals surface area contributed by atoms with Crippen LogP contribution in [0.15, 0.2) is 12.2 Å². The summed E-state index contributed by atoms with van der Waals surface area (Å²) in [6.07, 6.45) is 0.342. The number of rotatable bonds is 12. The number of esters is 1. The monoisotopic (exact) mass is 479 g/mol. The standard InChI is InChI=1S/C18H43O5Si5/c1-14-26(8,9)22-24(21-25(5,6)7)17(4)28(12,13)23-27(10,11)15-20-18(19)16(2)3/h17H,2,14-15H2,1,3-13H3. The van der Waals surface area contributed by atoms with Crippen molar-refractivity contribution in [2.24, 2.45) is 0 Å². The van der Waals surface area contributed by atoms with Gasteiger partial charge in [0.1, 0.15) is 6.23 Å². The smallest absolute Gasteiger partial charge is 0.365 e. The number of ether oxygens (including phenoxy) is 1. The van der Waals surface area contributed by atoms with E-state index in [1.807, 2.05) is 0 Å². The van der Waals surface area contributed by atoms with Crippen LogP contribution < -0.4 is 0 Å². The summed E-state index contributed by atoms with van der Waals surface area (Å²) in [7, 11) is -9.24. The first kappa shape index (κ1) is 28.2. The molecule has 0 N–H and O–H groups in total. The summed E-state index contributed by atoms with van der Waals surface area (Å²) in [5, 5.41) is 0.270. The maximum Gasteiger partial charge on any atom is 0.365 e. The van der Waals surface area contributed by atoms with E-state index in [0.717, 1.165) is 6.04 Å². The summed E-state index contributed by atoms with van der Waals surface area (Å²) in [5.74, 6) is -0.345. The zero-order valence-corrected chi connectivity index (χ0v) is 25.2. The number of hydrogen-bond acceptors (Lipinski definition) is 5. The molecule has 0 saturated heterocycles. The normalized spacial score (nSPS) is 14.9. The quantitative estimate of drug-likeness (QED) is 0.208. The van der Waals surface area contributed by atoms with Crippen LogP contribution >= 0.6 is 0 Å². The Morgan fingerprint density at radius 1 is 0.964 bits per heavy atom. The van der Waals surface area contributed by atoms with Gasteiger partial charge in [0.25, 0.3) is 0 Å². The second kappa shape index (κ2) is 10.5. The van der Waals surface area contributed by atoms with E-state index in [-0.39, 0.29) is 11.1 Å². The van der Waals surface area contributed by atoms with E-state index < -0.39 is 42.6 Å². The van der Waals surface area contributed by atoms with Crippen molar-refractivity contribution in [2.75, 3.05) is 6.23 Å². The van der Waals surface area contributed by atoms with Gasteiger partial charge in [-0.1, -0.05) is 20.4 Å². The minimum atomic E-state index is -2.18. The van der Waals surface area contributed by atoms with Crippen molar-refractivity contribution in [3.05, 3.63) is 12.2 Å². The summed E-state index contributed by atoms with van der Waals surface area (Å²) in [4.78, 5) is 11.8. The van der Waals surface area contributed by atoms with Crippen molar-refractivity contribution in [2.45, 2.75) is 90.9 Å². The molecule has 5 nitrogen and oxygen atoms in total. The summed E-state index contributed by atoms with van der Waals surface area (Å²) < 4.78 is 25.4. The Labute approximate surface area is 179 Å². The van der Waals surface area contributed by atoms with Gasteiger partial charge >= 0.3 is 15.3 Å². The lowest BCUT2D eigenvalue weighted by molar-refractivity contribution is -0.137. The predicted octanol–water partition coefficient (Wildman–Crippen LogP) is 5.58. The Morgan fingerprint density at radius 2 is 1.46 bits per heavy atom. The van der Waals surface area contributed by atoms with Crippen LogP contribution in [0, 0.1) is 0 Å². The van der Waals surface area contributed by atoms with Gasteiger partial charge in [-0.2, -0.15) is 0 Å². The fourth-order valence-corrected chi connectivity index (χ4v) is 20.4. The average molecular weight is 480 g/mol. The predicted molar refractivity (Wildman–Crippen MR) is 130 cm³/mol. The van der Waals surface area contributed by atoms with Gasteiger partial charge in [0.05, 0.1) is 0 Å². The molecular formula is C18H43O5Si5. The van der Waals surface area contributed by atoms with Crippen molar-refractivity contribution < 1.29 is 21.9 Å². The van der Waals surface area contributed by atoms with Gasteiger partial charge in [0, 0.05) is 10.7 Å². The highest BCUT2D eigenvalue weighted by molar-refractivity contribution is 6.93. The molecule has 10 heteroatoms. The third kappa shape index (κ3) is 10.8. The van der Waals surface area contributed by atoms with Crippen molar-refractivity contribution in [3.8, 4) is 0 Å². The molecule has 0 aromatic heterocycles. The second-order valence-electron chi connectivity index (χ2n) is 10.3. The van der Waals surface area contributed by atoms with Crippen molar-refractivity contribution in [1.29, 1.82) is 0 Å². The lowest BCUT2D eigenvalue weighted by atomic mass is 10.4. The van der Waals surface area contributed by atoms with E-state index in [1.54, 1.807) is 6.92 Å². The molecule has 0 fully saturated rings. The van der Waals surface area contributed by atoms with Crippen molar-refractivity contribution >= 4 is 48.5 Å². The maximum atomic E-state index is 11.8. The molecule has 1 atom stereocenters. The fraction of sp³-hybridized carbons (Fsp3) is 0.833. The first-order valence-corrected chi connectivity index (χ1v) is 24.1. The van der Waals surface area contributed by atoms with E-state index >= 15 is 0 Å². The largest absolute Gasteiger partial charge is 0.463 e. The molecule has 0 spiro atoms. The Hall–Kier alpha value is 0.174. The molecule has 0 bridgehead atoms. The van der Waals surface area contributed by atoms with Gasteiger partial charge in [-0.15, -0.1) is 0 Å². The molecule has 0 aliphatic carbocycles. The number of carbonyl (C=O) groups excluding carboxylic acids is 1. The minimum Gasteiger partial charge on any atom is -0.463 e. The third-order valence-electron chi connectivity index (χ3n) is 4.47. The molecule has 0 aliphatic rings. The Morgan fingerprint density at radius 3 is 1.86 bits per heavy atom. The fourth-order valence-electron chi connectivity index (χ4n) is 2.32. The van der Waals surface area contributed by atoms with Crippen LogP contribution in [0.1, 0.15) is 20.8 Å². The van der Waals surface area contributed by atoms with Crippen LogP contribution in [0.5, 0.6) is 0 Å². The zero-order valence-electron chi connectivity index (χ0n) is 20.2. The van der Waals surface area contributed by atoms with E-state index in [4.69, 9.17) is 17.1 Å². The van der Waals surface area contributed by atoms with Crippen LogP contribution in [0.2, 0.25) is 70.1 Å². The Kier molecular flexibility index (Phi) is 10.5. The van der Waals surface area contributed by atoms with Crippen LogP contribution in [0.25, 0.3) is 0 Å². The maximum absolute atomic E-state index is 11.8. The molecule has 0 aliphatic heterocycles. The van der Waals surface area contributed by atoms with Gasteiger partial charge < -0.3 is 17.1 Å². The average Bonchev–Trinajstić information content (AvgIpc) is 2.48. The first-order valence-electron chi connectivity index (χ1n) is 10.1. The second-order valence-corrected chi connectivity index (χ2v) is 31.2. The number of carbonyl (C=O) groups is 1. The summed E-state index contributed by atoms with van der Waals surface area (Å²) in [6, 6.07) is 1.07. The van der Waals surface area contributed by atoms with Crippen LogP contribution in [0.3, 0.4) is 0 Å². The van der Waals surface area contributed by atoms with Gasteiger partial charge in [-0.3, -0.25) is 0 Å². The molecule has 165 valence electrons. The Bertz CT molecular complexity index is 543. The lowest BCUT2D eigenvalue weighted by Crippen LogP contribution is -2.57. The lowest BCUT2D eigenvalue weighted by Gasteiger charge is -2.42. The molecule has 0 aromatic rings. The molecule has 0 aromatic carbocycles.